The van der Waals surface area contributed by atoms with E-state index >= 15 is 0 Å². The van der Waals surface area contributed by atoms with E-state index in [1.54, 1.807) is 6.92 Å². The average molecular weight is 266 g/mol. The van der Waals surface area contributed by atoms with Crippen molar-refractivity contribution >= 4 is 17.5 Å². The largest absolute Gasteiger partial charge is 0.364 e. The van der Waals surface area contributed by atoms with Gasteiger partial charge in [0.25, 0.3) is 0 Å². The van der Waals surface area contributed by atoms with Gasteiger partial charge in [0.2, 0.25) is 11.8 Å². The lowest BCUT2D eigenvalue weighted by atomic mass is 9.70. The number of aryl methyl sites for hydroxylation is 1. The van der Waals surface area contributed by atoms with Crippen LogP contribution in [0, 0.1) is 22.5 Å². The molecule has 0 saturated heterocycles. The van der Waals surface area contributed by atoms with Crippen LogP contribution >= 0.6 is 0 Å². The lowest BCUT2D eigenvalue weighted by Crippen LogP contribution is -2.33. The average Bonchev–Trinajstić information content (AvgIpc) is 2.32. The third-order valence-corrected chi connectivity index (χ3v) is 3.61. The molecule has 8 nitrogen and oxygen atoms in total. The molecule has 0 bridgehead atoms. The molecule has 0 aromatic carbocycles. The highest BCUT2D eigenvalue weighted by molar-refractivity contribution is 5.60. The molecule has 0 spiro atoms. The lowest BCUT2D eigenvalue weighted by molar-refractivity contribution is -0.385. The fourth-order valence-electron chi connectivity index (χ4n) is 2.23. The molecule has 2 rings (SSSR count). The number of nitrogens with one attached hydrogen (secondary N) is 2. The Bertz CT molecular complexity index is 500. The molecule has 4 N–H and O–H groups in total. The Morgan fingerprint density at radius 3 is 2.63 bits per heavy atom. The first kappa shape index (κ1) is 13.5. The van der Waals surface area contributed by atoms with Crippen LogP contribution in [0.5, 0.6) is 0 Å². The van der Waals surface area contributed by atoms with Crippen molar-refractivity contribution < 1.29 is 4.92 Å². The van der Waals surface area contributed by atoms with Crippen molar-refractivity contribution in [2.45, 2.75) is 33.1 Å². The Labute approximate surface area is 110 Å². The second-order valence-electron chi connectivity index (χ2n) is 5.25. The molecule has 1 aliphatic rings. The number of nitrogens with two attached hydrogens (primary N) is 1. The standard InChI is InChI=1S/C11H18N6O2/c1-7-8(17(18)19)9(15-10(14-7)16-12)13-6-11(2)4-3-5-11/h3-6,12H2,1-2H3,(H2,13,14,15,16). The molecule has 19 heavy (non-hydrogen) atoms. The van der Waals surface area contributed by atoms with Gasteiger partial charge in [0.15, 0.2) is 0 Å². The van der Waals surface area contributed by atoms with Crippen molar-refractivity contribution in [3.05, 3.63) is 15.8 Å². The summed E-state index contributed by atoms with van der Waals surface area (Å²) in [7, 11) is 0. The van der Waals surface area contributed by atoms with Gasteiger partial charge >= 0.3 is 5.69 Å². The normalized spacial score (nSPS) is 16.6. The molecule has 0 unspecified atom stereocenters. The maximum Gasteiger partial charge on any atom is 0.332 e. The van der Waals surface area contributed by atoms with E-state index in [0.29, 0.717) is 6.54 Å². The van der Waals surface area contributed by atoms with Crippen LogP contribution in [0.15, 0.2) is 0 Å². The molecular formula is C11H18N6O2. The predicted octanol–water partition coefficient (Wildman–Crippen LogP) is 1.58. The van der Waals surface area contributed by atoms with E-state index in [-0.39, 0.29) is 28.6 Å². The van der Waals surface area contributed by atoms with E-state index in [1.165, 1.54) is 6.42 Å². The third-order valence-electron chi connectivity index (χ3n) is 3.61. The fourth-order valence-corrected chi connectivity index (χ4v) is 2.23. The number of nitro groups is 1. The summed E-state index contributed by atoms with van der Waals surface area (Å²) < 4.78 is 0. The van der Waals surface area contributed by atoms with Crippen molar-refractivity contribution in [1.29, 1.82) is 0 Å². The monoisotopic (exact) mass is 266 g/mol. The van der Waals surface area contributed by atoms with Crippen LogP contribution in [0.25, 0.3) is 0 Å². The number of anilines is 2. The predicted molar refractivity (Wildman–Crippen MR) is 71.7 cm³/mol. The van der Waals surface area contributed by atoms with Crippen LogP contribution in [-0.2, 0) is 0 Å². The van der Waals surface area contributed by atoms with Crippen LogP contribution in [0.4, 0.5) is 17.5 Å². The van der Waals surface area contributed by atoms with Crippen LogP contribution < -0.4 is 16.6 Å². The molecule has 1 aromatic heterocycles. The summed E-state index contributed by atoms with van der Waals surface area (Å²) in [5.74, 6) is 5.65. The van der Waals surface area contributed by atoms with E-state index in [4.69, 9.17) is 5.84 Å². The Morgan fingerprint density at radius 2 is 2.16 bits per heavy atom. The smallest absolute Gasteiger partial charge is 0.332 e. The van der Waals surface area contributed by atoms with Crippen molar-refractivity contribution in [3.63, 3.8) is 0 Å². The third kappa shape index (κ3) is 2.73. The van der Waals surface area contributed by atoms with Gasteiger partial charge in [0.05, 0.1) is 4.92 Å². The fraction of sp³-hybridized carbons (Fsp3) is 0.636. The number of hydrazine groups is 1. The Hall–Kier alpha value is -1.96. The minimum absolute atomic E-state index is 0.0954. The van der Waals surface area contributed by atoms with Crippen LogP contribution in [0.2, 0.25) is 0 Å². The molecule has 104 valence electrons. The summed E-state index contributed by atoms with van der Waals surface area (Å²) in [4.78, 5) is 18.6. The van der Waals surface area contributed by atoms with E-state index in [0.717, 1.165) is 12.8 Å². The lowest BCUT2D eigenvalue weighted by Gasteiger charge is -2.38. The maximum atomic E-state index is 11.1. The van der Waals surface area contributed by atoms with Gasteiger partial charge < -0.3 is 5.32 Å². The summed E-state index contributed by atoms with van der Waals surface area (Å²) in [5.41, 5.74) is 2.70. The van der Waals surface area contributed by atoms with Gasteiger partial charge in [0.1, 0.15) is 5.69 Å². The van der Waals surface area contributed by atoms with Gasteiger partial charge in [0, 0.05) is 6.54 Å². The summed E-state index contributed by atoms with van der Waals surface area (Å²) >= 11 is 0. The van der Waals surface area contributed by atoms with Crippen molar-refractivity contribution in [2.75, 3.05) is 17.3 Å². The SMILES string of the molecule is Cc1nc(NN)nc(NCC2(C)CCC2)c1[N+](=O)[O-]. The molecule has 1 saturated carbocycles. The first-order valence-corrected chi connectivity index (χ1v) is 6.19. The molecule has 1 aliphatic carbocycles. The first-order chi connectivity index (χ1) is 8.95. The van der Waals surface area contributed by atoms with Gasteiger partial charge in [-0.1, -0.05) is 13.3 Å². The molecule has 8 heteroatoms. The van der Waals surface area contributed by atoms with Gasteiger partial charge in [-0.3, -0.25) is 15.5 Å². The summed E-state index contributed by atoms with van der Waals surface area (Å²) in [6.07, 6.45) is 3.46. The minimum atomic E-state index is -0.471. The Morgan fingerprint density at radius 1 is 1.47 bits per heavy atom. The number of rotatable bonds is 5. The van der Waals surface area contributed by atoms with Gasteiger partial charge in [-0.25, -0.2) is 10.8 Å². The second kappa shape index (κ2) is 4.96. The second-order valence-corrected chi connectivity index (χ2v) is 5.25. The number of nitrogen functional groups attached to an aromatic ring is 1. The van der Waals surface area contributed by atoms with Gasteiger partial charge in [-0.05, 0) is 25.2 Å². The molecule has 1 fully saturated rings. The number of hydrogen-bond acceptors (Lipinski definition) is 7. The number of aromatic nitrogens is 2. The van der Waals surface area contributed by atoms with Crippen molar-refractivity contribution in [3.8, 4) is 0 Å². The molecule has 0 radical (unpaired) electrons. The topological polar surface area (TPSA) is 119 Å². The van der Waals surface area contributed by atoms with Crippen LogP contribution in [0.1, 0.15) is 31.9 Å². The first-order valence-electron chi connectivity index (χ1n) is 6.19. The minimum Gasteiger partial charge on any atom is -0.364 e. The summed E-state index contributed by atoms with van der Waals surface area (Å²) in [5, 5.41) is 14.1. The van der Waals surface area contributed by atoms with E-state index in [2.05, 4.69) is 27.6 Å². The Balaban J connectivity index is 2.25. The molecule has 1 aromatic rings. The highest BCUT2D eigenvalue weighted by Crippen LogP contribution is 2.40. The Kier molecular flexibility index (Phi) is 3.52. The van der Waals surface area contributed by atoms with Gasteiger partial charge in [-0.15, -0.1) is 0 Å². The zero-order chi connectivity index (χ0) is 14.0. The molecule has 0 atom stereocenters. The summed E-state index contributed by atoms with van der Waals surface area (Å²) in [6.45, 7) is 4.39. The van der Waals surface area contributed by atoms with E-state index in [1.807, 2.05) is 0 Å². The van der Waals surface area contributed by atoms with E-state index < -0.39 is 4.92 Å². The highest BCUT2D eigenvalue weighted by atomic mass is 16.6. The zero-order valence-corrected chi connectivity index (χ0v) is 11.1. The number of hydrogen-bond donors (Lipinski definition) is 3. The van der Waals surface area contributed by atoms with Crippen LogP contribution in [-0.4, -0.2) is 21.4 Å². The summed E-state index contributed by atoms with van der Waals surface area (Å²) in [6, 6.07) is 0. The maximum absolute atomic E-state index is 11.1. The highest BCUT2D eigenvalue weighted by Gasteiger charge is 2.32. The van der Waals surface area contributed by atoms with Gasteiger partial charge in [-0.2, -0.15) is 4.98 Å². The molecular weight excluding hydrogens is 248 g/mol. The van der Waals surface area contributed by atoms with Crippen molar-refractivity contribution in [2.24, 2.45) is 11.3 Å². The molecule has 0 aliphatic heterocycles. The molecule has 0 amide bonds. The van der Waals surface area contributed by atoms with E-state index in [9.17, 15) is 10.1 Å². The number of nitrogens with zero attached hydrogens (tertiary/aromatic N) is 3. The quantitative estimate of drug-likeness (QED) is 0.420. The van der Waals surface area contributed by atoms with Crippen molar-refractivity contribution in [1.82, 2.24) is 9.97 Å². The van der Waals surface area contributed by atoms with Crippen LogP contribution in [0.3, 0.4) is 0 Å². The molecule has 1 heterocycles. The zero-order valence-electron chi connectivity index (χ0n) is 11.1.